The maximum atomic E-state index is 12.9. The number of halogens is 1. The Morgan fingerprint density at radius 2 is 1.87 bits per heavy atom. The SMILES string of the molecule is COC(=O)Cc1ccc(OCc2cccc3c2CN(c2ccc(C)cc2)C3=O)c(Cl)c1. The molecule has 1 heterocycles. The van der Waals surface area contributed by atoms with Crippen LogP contribution < -0.4 is 9.64 Å². The summed E-state index contributed by atoms with van der Waals surface area (Å²) in [4.78, 5) is 26.2. The third kappa shape index (κ3) is 4.42. The van der Waals surface area contributed by atoms with Crippen LogP contribution in [0.1, 0.15) is 32.6 Å². The molecule has 1 aliphatic heterocycles. The second-order valence-electron chi connectivity index (χ2n) is 7.48. The zero-order chi connectivity index (χ0) is 22.0. The number of benzene rings is 3. The number of hydrogen-bond donors (Lipinski definition) is 0. The van der Waals surface area contributed by atoms with E-state index in [2.05, 4.69) is 4.74 Å². The number of ether oxygens (including phenoxy) is 2. The molecule has 0 bridgehead atoms. The van der Waals surface area contributed by atoms with Gasteiger partial charge in [0.25, 0.3) is 5.91 Å². The third-order valence-electron chi connectivity index (χ3n) is 5.37. The molecule has 0 aliphatic carbocycles. The van der Waals surface area contributed by atoms with Crippen LogP contribution in [0.2, 0.25) is 5.02 Å². The first-order valence-corrected chi connectivity index (χ1v) is 10.3. The largest absolute Gasteiger partial charge is 0.487 e. The maximum Gasteiger partial charge on any atom is 0.309 e. The van der Waals surface area contributed by atoms with E-state index >= 15 is 0 Å². The summed E-state index contributed by atoms with van der Waals surface area (Å²) in [5, 5.41) is 0.423. The van der Waals surface area contributed by atoms with Crippen molar-refractivity contribution in [2.24, 2.45) is 0 Å². The van der Waals surface area contributed by atoms with Gasteiger partial charge in [-0.05, 0) is 53.9 Å². The number of hydrogen-bond acceptors (Lipinski definition) is 4. The minimum Gasteiger partial charge on any atom is -0.487 e. The van der Waals surface area contributed by atoms with Crippen molar-refractivity contribution in [1.29, 1.82) is 0 Å². The molecule has 3 aromatic rings. The van der Waals surface area contributed by atoms with Gasteiger partial charge in [-0.3, -0.25) is 9.59 Å². The zero-order valence-corrected chi connectivity index (χ0v) is 18.1. The Labute approximate surface area is 186 Å². The van der Waals surface area contributed by atoms with Gasteiger partial charge < -0.3 is 14.4 Å². The van der Waals surface area contributed by atoms with Gasteiger partial charge >= 0.3 is 5.97 Å². The van der Waals surface area contributed by atoms with Crippen molar-refractivity contribution in [1.82, 2.24) is 0 Å². The van der Waals surface area contributed by atoms with Crippen LogP contribution in [-0.4, -0.2) is 19.0 Å². The molecule has 1 amide bonds. The van der Waals surface area contributed by atoms with E-state index in [1.165, 1.54) is 7.11 Å². The van der Waals surface area contributed by atoms with Gasteiger partial charge in [-0.25, -0.2) is 0 Å². The molecule has 0 saturated heterocycles. The lowest BCUT2D eigenvalue weighted by atomic mass is 10.0. The quantitative estimate of drug-likeness (QED) is 0.505. The van der Waals surface area contributed by atoms with Crippen molar-refractivity contribution in [2.45, 2.75) is 26.5 Å². The monoisotopic (exact) mass is 435 g/mol. The highest BCUT2D eigenvalue weighted by atomic mass is 35.5. The minimum absolute atomic E-state index is 0.00843. The average Bonchev–Trinajstić information content (AvgIpc) is 3.11. The second kappa shape index (κ2) is 8.82. The van der Waals surface area contributed by atoms with Gasteiger partial charge in [0.1, 0.15) is 12.4 Å². The van der Waals surface area contributed by atoms with Gasteiger partial charge in [-0.1, -0.05) is 47.5 Å². The predicted octanol–water partition coefficient (Wildman–Crippen LogP) is 5.10. The number of rotatable bonds is 6. The summed E-state index contributed by atoms with van der Waals surface area (Å²) in [5.74, 6) is 0.186. The zero-order valence-electron chi connectivity index (χ0n) is 17.4. The molecule has 0 fully saturated rings. The van der Waals surface area contributed by atoms with Crippen molar-refractivity contribution in [2.75, 3.05) is 12.0 Å². The van der Waals surface area contributed by atoms with Crippen LogP contribution in [0.15, 0.2) is 60.7 Å². The number of methoxy groups -OCH3 is 1. The van der Waals surface area contributed by atoms with Crippen molar-refractivity contribution < 1.29 is 19.1 Å². The Bertz CT molecular complexity index is 1140. The van der Waals surface area contributed by atoms with E-state index in [1.807, 2.05) is 49.4 Å². The highest BCUT2D eigenvalue weighted by Gasteiger charge is 2.30. The third-order valence-corrected chi connectivity index (χ3v) is 5.66. The fourth-order valence-corrected chi connectivity index (χ4v) is 3.89. The Kier molecular flexibility index (Phi) is 5.96. The predicted molar refractivity (Wildman–Crippen MR) is 120 cm³/mol. The molecule has 0 unspecified atom stereocenters. The number of esters is 1. The lowest BCUT2D eigenvalue weighted by Gasteiger charge is -2.16. The van der Waals surface area contributed by atoms with E-state index < -0.39 is 0 Å². The number of nitrogens with zero attached hydrogens (tertiary/aromatic N) is 1. The fourth-order valence-electron chi connectivity index (χ4n) is 3.63. The Balaban J connectivity index is 1.50. The minimum atomic E-state index is -0.326. The molecule has 0 aromatic heterocycles. The summed E-state index contributed by atoms with van der Waals surface area (Å²) in [7, 11) is 1.35. The van der Waals surface area contributed by atoms with Crippen LogP contribution in [0.25, 0.3) is 0 Å². The molecular weight excluding hydrogens is 414 g/mol. The van der Waals surface area contributed by atoms with Crippen LogP contribution in [0.3, 0.4) is 0 Å². The molecule has 5 nitrogen and oxygen atoms in total. The average molecular weight is 436 g/mol. The van der Waals surface area contributed by atoms with Gasteiger partial charge in [0.15, 0.2) is 0 Å². The summed E-state index contributed by atoms with van der Waals surface area (Å²) in [6.07, 6.45) is 0.152. The number of fused-ring (bicyclic) bond motifs is 1. The first-order valence-electron chi connectivity index (χ1n) is 9.93. The van der Waals surface area contributed by atoms with Gasteiger partial charge in [0.2, 0.25) is 0 Å². The van der Waals surface area contributed by atoms with Crippen LogP contribution in [0.5, 0.6) is 5.75 Å². The van der Waals surface area contributed by atoms with E-state index in [-0.39, 0.29) is 24.9 Å². The maximum absolute atomic E-state index is 12.9. The van der Waals surface area contributed by atoms with Crippen molar-refractivity contribution in [3.8, 4) is 5.75 Å². The van der Waals surface area contributed by atoms with E-state index in [4.69, 9.17) is 16.3 Å². The van der Waals surface area contributed by atoms with Crippen molar-refractivity contribution >= 4 is 29.2 Å². The smallest absolute Gasteiger partial charge is 0.309 e. The molecule has 0 N–H and O–H groups in total. The van der Waals surface area contributed by atoms with E-state index in [1.54, 1.807) is 23.1 Å². The number of carbonyl (C=O) groups is 2. The summed E-state index contributed by atoms with van der Waals surface area (Å²) >= 11 is 6.34. The van der Waals surface area contributed by atoms with Gasteiger partial charge in [-0.15, -0.1) is 0 Å². The molecule has 0 atom stereocenters. The molecular formula is C25H22ClNO4. The lowest BCUT2D eigenvalue weighted by Crippen LogP contribution is -2.22. The fraction of sp³-hybridized carbons (Fsp3) is 0.200. The van der Waals surface area contributed by atoms with Gasteiger partial charge in [0.05, 0.1) is 25.1 Å². The highest BCUT2D eigenvalue weighted by Crippen LogP contribution is 2.32. The molecule has 1 aliphatic rings. The number of anilines is 1. The van der Waals surface area contributed by atoms with Crippen LogP contribution in [-0.2, 0) is 29.1 Å². The molecule has 0 saturated carbocycles. The first-order chi connectivity index (χ1) is 15.0. The van der Waals surface area contributed by atoms with Crippen LogP contribution >= 0.6 is 11.6 Å². The molecule has 0 radical (unpaired) electrons. The molecule has 0 spiro atoms. The topological polar surface area (TPSA) is 55.8 Å². The van der Waals surface area contributed by atoms with Crippen molar-refractivity contribution in [3.63, 3.8) is 0 Å². The first kappa shape index (κ1) is 20.9. The lowest BCUT2D eigenvalue weighted by molar-refractivity contribution is -0.139. The second-order valence-corrected chi connectivity index (χ2v) is 7.88. The Hall–Kier alpha value is -3.31. The molecule has 158 valence electrons. The Morgan fingerprint density at radius 3 is 2.58 bits per heavy atom. The Morgan fingerprint density at radius 1 is 1.10 bits per heavy atom. The normalized spacial score (nSPS) is 12.6. The van der Waals surface area contributed by atoms with Gasteiger partial charge in [0, 0.05) is 11.3 Å². The van der Waals surface area contributed by atoms with E-state index in [9.17, 15) is 9.59 Å². The number of carbonyl (C=O) groups excluding carboxylic acids is 2. The summed E-state index contributed by atoms with van der Waals surface area (Å²) in [6, 6.07) is 18.8. The van der Waals surface area contributed by atoms with Crippen molar-refractivity contribution in [3.05, 3.63) is 93.5 Å². The van der Waals surface area contributed by atoms with Gasteiger partial charge in [-0.2, -0.15) is 0 Å². The highest BCUT2D eigenvalue weighted by molar-refractivity contribution is 6.32. The number of amides is 1. The summed E-state index contributed by atoms with van der Waals surface area (Å²) in [6.45, 7) is 2.81. The summed E-state index contributed by atoms with van der Waals surface area (Å²) in [5.41, 5.74) is 5.38. The van der Waals surface area contributed by atoms with E-state index in [0.717, 1.165) is 27.9 Å². The van der Waals surface area contributed by atoms with Crippen LogP contribution in [0.4, 0.5) is 5.69 Å². The molecule has 6 heteroatoms. The van der Waals surface area contributed by atoms with Crippen LogP contribution in [0, 0.1) is 6.92 Å². The molecule has 3 aromatic carbocycles. The molecule has 4 rings (SSSR count). The van der Waals surface area contributed by atoms with E-state index in [0.29, 0.717) is 22.9 Å². The standard InChI is InChI=1S/C25H22ClNO4/c1-16-6-9-19(10-7-16)27-14-21-18(4-3-5-20(21)25(27)29)15-31-23-11-8-17(12-22(23)26)13-24(28)30-2/h3-12H,13-15H2,1-2H3. The summed E-state index contributed by atoms with van der Waals surface area (Å²) < 4.78 is 10.6. The number of aryl methyl sites for hydroxylation is 1. The molecule has 31 heavy (non-hydrogen) atoms.